The van der Waals surface area contributed by atoms with Gasteiger partial charge in [0.2, 0.25) is 5.91 Å². The molecule has 2 fully saturated rings. The molecular formula is C21H34N4OS. The van der Waals surface area contributed by atoms with Crippen molar-refractivity contribution in [1.29, 1.82) is 0 Å². The van der Waals surface area contributed by atoms with Crippen LogP contribution in [0.4, 0.5) is 0 Å². The van der Waals surface area contributed by atoms with E-state index in [-0.39, 0.29) is 5.91 Å². The van der Waals surface area contributed by atoms with Crippen molar-refractivity contribution in [2.24, 2.45) is 0 Å². The van der Waals surface area contributed by atoms with E-state index in [9.17, 15) is 4.79 Å². The molecule has 2 aliphatic rings. The highest BCUT2D eigenvalue weighted by Gasteiger charge is 2.23. The van der Waals surface area contributed by atoms with E-state index in [4.69, 9.17) is 0 Å². The molecule has 1 aromatic rings. The van der Waals surface area contributed by atoms with E-state index in [1.54, 1.807) is 0 Å². The molecule has 5 nitrogen and oxygen atoms in total. The van der Waals surface area contributed by atoms with Gasteiger partial charge in [0.05, 0.1) is 5.75 Å². The molecule has 2 aliphatic carbocycles. The molecule has 27 heavy (non-hydrogen) atoms. The molecule has 0 radical (unpaired) electrons. The van der Waals surface area contributed by atoms with Crippen molar-refractivity contribution in [3.8, 4) is 0 Å². The van der Waals surface area contributed by atoms with Gasteiger partial charge >= 0.3 is 0 Å². The van der Waals surface area contributed by atoms with Gasteiger partial charge in [0.25, 0.3) is 0 Å². The highest BCUT2D eigenvalue weighted by atomic mass is 32.2. The summed E-state index contributed by atoms with van der Waals surface area (Å²) in [5.74, 6) is 2.12. The number of nitrogens with zero attached hydrogens (tertiary/aromatic N) is 3. The SMILES string of the molecule is C=CCn1c(SCC(=O)NC2CCCCCCC2)nnc1C1CCCCC1. The lowest BCUT2D eigenvalue weighted by Gasteiger charge is -2.22. The Morgan fingerprint density at radius 2 is 1.67 bits per heavy atom. The average Bonchev–Trinajstić information content (AvgIpc) is 3.06. The minimum atomic E-state index is 0.123. The second-order valence-corrected chi connectivity index (χ2v) is 8.92. The van der Waals surface area contributed by atoms with Crippen LogP contribution in [0.2, 0.25) is 0 Å². The van der Waals surface area contributed by atoms with Gasteiger partial charge < -0.3 is 9.88 Å². The maximum atomic E-state index is 12.5. The van der Waals surface area contributed by atoms with E-state index in [0.29, 0.717) is 24.3 Å². The summed E-state index contributed by atoms with van der Waals surface area (Å²) in [6, 6.07) is 0.349. The Morgan fingerprint density at radius 3 is 2.37 bits per heavy atom. The highest BCUT2D eigenvalue weighted by molar-refractivity contribution is 7.99. The van der Waals surface area contributed by atoms with Crippen LogP contribution in [0.3, 0.4) is 0 Å². The van der Waals surface area contributed by atoms with Gasteiger partial charge in [0, 0.05) is 18.5 Å². The Labute approximate surface area is 167 Å². The summed E-state index contributed by atoms with van der Waals surface area (Å²) in [6.07, 6.45) is 16.8. The van der Waals surface area contributed by atoms with Crippen molar-refractivity contribution in [3.05, 3.63) is 18.5 Å². The van der Waals surface area contributed by atoms with Crippen molar-refractivity contribution in [2.75, 3.05) is 5.75 Å². The standard InChI is InChI=1S/C21H34N4OS/c1-2-15-25-20(17-11-7-6-8-12-17)23-24-21(25)27-16-19(26)22-18-13-9-4-3-5-10-14-18/h2,17-18H,1,3-16H2,(H,22,26). The molecule has 0 unspecified atom stereocenters. The molecule has 1 aromatic heterocycles. The Hall–Kier alpha value is -1.30. The first-order valence-corrected chi connectivity index (χ1v) is 11.7. The number of thioether (sulfide) groups is 1. The predicted octanol–water partition coefficient (Wildman–Crippen LogP) is 4.83. The number of amides is 1. The summed E-state index contributed by atoms with van der Waals surface area (Å²) >= 11 is 1.51. The molecule has 150 valence electrons. The molecule has 0 aromatic carbocycles. The molecule has 2 saturated carbocycles. The topological polar surface area (TPSA) is 59.8 Å². The number of allylic oxidation sites excluding steroid dienone is 1. The van der Waals surface area contributed by atoms with Gasteiger partial charge in [-0.1, -0.05) is 69.2 Å². The lowest BCUT2D eigenvalue weighted by molar-refractivity contribution is -0.119. The number of hydrogen-bond acceptors (Lipinski definition) is 4. The maximum absolute atomic E-state index is 12.5. The molecule has 6 heteroatoms. The van der Waals surface area contributed by atoms with Crippen LogP contribution in [-0.2, 0) is 11.3 Å². The zero-order valence-corrected chi connectivity index (χ0v) is 17.3. The van der Waals surface area contributed by atoms with Gasteiger partial charge in [-0.25, -0.2) is 0 Å². The van der Waals surface area contributed by atoms with Crippen LogP contribution in [0.25, 0.3) is 0 Å². The third-order valence-electron chi connectivity index (χ3n) is 5.83. The lowest BCUT2D eigenvalue weighted by atomic mass is 9.89. The van der Waals surface area contributed by atoms with Crippen LogP contribution >= 0.6 is 11.8 Å². The smallest absolute Gasteiger partial charge is 0.230 e. The third-order valence-corrected chi connectivity index (χ3v) is 6.80. The Balaban J connectivity index is 1.55. The van der Waals surface area contributed by atoms with Crippen LogP contribution in [-0.4, -0.2) is 32.5 Å². The fourth-order valence-corrected chi connectivity index (χ4v) is 5.14. The molecule has 0 atom stereocenters. The minimum Gasteiger partial charge on any atom is -0.353 e. The van der Waals surface area contributed by atoms with Gasteiger partial charge in [-0.2, -0.15) is 0 Å². The fraction of sp³-hybridized carbons (Fsp3) is 0.762. The first kappa shape index (κ1) is 20.4. The molecule has 1 heterocycles. The van der Waals surface area contributed by atoms with Crippen molar-refractivity contribution in [1.82, 2.24) is 20.1 Å². The monoisotopic (exact) mass is 390 g/mol. The zero-order chi connectivity index (χ0) is 18.9. The summed E-state index contributed by atoms with van der Waals surface area (Å²) in [5.41, 5.74) is 0. The molecule has 3 rings (SSSR count). The van der Waals surface area contributed by atoms with E-state index in [2.05, 4.69) is 26.7 Å². The number of carbonyl (C=O) groups excluding carboxylic acids is 1. The molecule has 1 amide bonds. The number of rotatable bonds is 7. The lowest BCUT2D eigenvalue weighted by Crippen LogP contribution is -2.36. The number of hydrogen-bond donors (Lipinski definition) is 1. The number of nitrogens with one attached hydrogen (secondary N) is 1. The van der Waals surface area contributed by atoms with Gasteiger partial charge in [-0.15, -0.1) is 16.8 Å². The summed E-state index contributed by atoms with van der Waals surface area (Å²) < 4.78 is 2.16. The first-order chi connectivity index (χ1) is 13.3. The van der Waals surface area contributed by atoms with Crippen molar-refractivity contribution >= 4 is 17.7 Å². The normalized spacial score (nSPS) is 20.0. The van der Waals surface area contributed by atoms with Crippen LogP contribution in [0.15, 0.2) is 17.8 Å². The zero-order valence-electron chi connectivity index (χ0n) is 16.5. The maximum Gasteiger partial charge on any atom is 0.230 e. The second kappa shape index (κ2) is 10.9. The van der Waals surface area contributed by atoms with Gasteiger partial charge in [-0.3, -0.25) is 4.79 Å². The van der Waals surface area contributed by atoms with E-state index in [0.717, 1.165) is 23.8 Å². The van der Waals surface area contributed by atoms with Gasteiger partial charge in [-0.05, 0) is 25.7 Å². The molecule has 0 bridgehead atoms. The van der Waals surface area contributed by atoms with E-state index >= 15 is 0 Å². The Bertz CT molecular complexity index is 601. The average molecular weight is 391 g/mol. The summed E-state index contributed by atoms with van der Waals surface area (Å²) in [6.45, 7) is 4.60. The van der Waals surface area contributed by atoms with Crippen LogP contribution in [0, 0.1) is 0 Å². The molecular weight excluding hydrogens is 356 g/mol. The van der Waals surface area contributed by atoms with Crippen LogP contribution < -0.4 is 5.32 Å². The van der Waals surface area contributed by atoms with E-state index in [1.165, 1.54) is 76.0 Å². The number of aromatic nitrogens is 3. The Kier molecular flexibility index (Phi) is 8.24. The van der Waals surface area contributed by atoms with Crippen LogP contribution in [0.5, 0.6) is 0 Å². The summed E-state index contributed by atoms with van der Waals surface area (Å²) in [4.78, 5) is 12.5. The second-order valence-electron chi connectivity index (χ2n) is 7.97. The minimum absolute atomic E-state index is 0.123. The van der Waals surface area contributed by atoms with Crippen LogP contribution in [0.1, 0.15) is 88.8 Å². The molecule has 0 saturated heterocycles. The quantitative estimate of drug-likeness (QED) is 0.535. The third kappa shape index (κ3) is 6.09. The van der Waals surface area contributed by atoms with Crippen molar-refractivity contribution < 1.29 is 4.79 Å². The molecule has 1 N–H and O–H groups in total. The van der Waals surface area contributed by atoms with Crippen molar-refractivity contribution in [2.45, 2.75) is 101 Å². The van der Waals surface area contributed by atoms with Gasteiger partial charge in [0.15, 0.2) is 5.16 Å². The van der Waals surface area contributed by atoms with E-state index < -0.39 is 0 Å². The van der Waals surface area contributed by atoms with Crippen molar-refractivity contribution in [3.63, 3.8) is 0 Å². The highest BCUT2D eigenvalue weighted by Crippen LogP contribution is 2.33. The van der Waals surface area contributed by atoms with Gasteiger partial charge in [0.1, 0.15) is 5.82 Å². The largest absolute Gasteiger partial charge is 0.353 e. The fourth-order valence-electron chi connectivity index (χ4n) is 4.37. The Morgan fingerprint density at radius 1 is 1.04 bits per heavy atom. The van der Waals surface area contributed by atoms with E-state index in [1.807, 2.05) is 6.08 Å². The predicted molar refractivity (Wildman–Crippen MR) is 111 cm³/mol. The summed E-state index contributed by atoms with van der Waals surface area (Å²) in [5, 5.41) is 13.0. The molecule has 0 spiro atoms. The summed E-state index contributed by atoms with van der Waals surface area (Å²) in [7, 11) is 0. The molecule has 0 aliphatic heterocycles. The number of carbonyl (C=O) groups is 1. The first-order valence-electron chi connectivity index (χ1n) is 10.7.